The molecule has 2 amide bonds. The van der Waals surface area contributed by atoms with Crippen molar-refractivity contribution in [2.45, 2.75) is 19.1 Å². The van der Waals surface area contributed by atoms with Crippen molar-refractivity contribution in [1.82, 2.24) is 9.97 Å². The molecule has 1 aliphatic rings. The van der Waals surface area contributed by atoms with Gasteiger partial charge in [0.1, 0.15) is 11.4 Å². The molecule has 5 rings (SSSR count). The molecule has 7 nitrogen and oxygen atoms in total. The van der Waals surface area contributed by atoms with Crippen molar-refractivity contribution in [3.05, 3.63) is 77.6 Å². The first kappa shape index (κ1) is 22.6. The summed E-state index contributed by atoms with van der Waals surface area (Å²) in [4.78, 5) is 22.5. The van der Waals surface area contributed by atoms with Crippen LogP contribution in [0.15, 0.2) is 60.9 Å². The van der Waals surface area contributed by atoms with Crippen molar-refractivity contribution in [2.24, 2.45) is 0 Å². The third-order valence-electron chi connectivity index (χ3n) is 6.04. The fourth-order valence-corrected chi connectivity index (χ4v) is 4.39. The van der Waals surface area contributed by atoms with E-state index in [1.807, 2.05) is 30.5 Å². The molecule has 3 heterocycles. The van der Waals surface area contributed by atoms with Gasteiger partial charge in [0.15, 0.2) is 0 Å². The standard InChI is InChI=1S/C25H22F3N5O2/c1-35-22-8-7-16(25(26,27)28)12-20(22)32-24(34)31-19-5-2-6-21-18(19)9-11-33(21)14-15-13-30-23-17(15)4-3-10-29-23/h2-8,10,12-13H,9,11,14H2,1H3,(H,29,30)(H2,31,32,34). The van der Waals surface area contributed by atoms with Gasteiger partial charge >= 0.3 is 12.2 Å². The molecular weight excluding hydrogens is 459 g/mol. The second-order valence-corrected chi connectivity index (χ2v) is 8.18. The molecule has 1 aliphatic heterocycles. The molecule has 0 saturated heterocycles. The lowest BCUT2D eigenvalue weighted by Crippen LogP contribution is -2.21. The number of alkyl halides is 3. The number of aromatic amines is 1. The van der Waals surface area contributed by atoms with Gasteiger partial charge in [0.25, 0.3) is 0 Å². The van der Waals surface area contributed by atoms with Crippen molar-refractivity contribution in [3.8, 4) is 5.75 Å². The van der Waals surface area contributed by atoms with Gasteiger partial charge in [-0.15, -0.1) is 0 Å². The Bertz CT molecular complexity index is 1400. The molecule has 3 N–H and O–H groups in total. The van der Waals surface area contributed by atoms with Crippen molar-refractivity contribution in [1.29, 1.82) is 0 Å². The Balaban J connectivity index is 1.34. The Morgan fingerprint density at radius 3 is 2.77 bits per heavy atom. The number of carbonyl (C=O) groups is 1. The van der Waals surface area contributed by atoms with E-state index in [-0.39, 0.29) is 11.4 Å². The molecule has 0 unspecified atom stereocenters. The fourth-order valence-electron chi connectivity index (χ4n) is 4.39. The summed E-state index contributed by atoms with van der Waals surface area (Å²) in [5.74, 6) is 0.130. The average molecular weight is 481 g/mol. The minimum absolute atomic E-state index is 0.0676. The molecule has 2 aromatic carbocycles. The number of carbonyl (C=O) groups excluding carboxylic acids is 1. The van der Waals surface area contributed by atoms with Gasteiger partial charge < -0.3 is 25.3 Å². The minimum atomic E-state index is -4.54. The summed E-state index contributed by atoms with van der Waals surface area (Å²) in [7, 11) is 1.33. The van der Waals surface area contributed by atoms with E-state index in [1.54, 1.807) is 12.3 Å². The number of nitrogens with one attached hydrogen (secondary N) is 3. The molecule has 4 aromatic rings. The van der Waals surface area contributed by atoms with E-state index < -0.39 is 17.8 Å². The summed E-state index contributed by atoms with van der Waals surface area (Å²) in [6, 6.07) is 11.8. The van der Waals surface area contributed by atoms with Gasteiger partial charge in [-0.05, 0) is 54.4 Å². The number of rotatable bonds is 5. The smallest absolute Gasteiger partial charge is 0.416 e. The van der Waals surface area contributed by atoms with E-state index in [2.05, 4.69) is 25.5 Å². The Hall–Kier alpha value is -4.21. The lowest BCUT2D eigenvalue weighted by molar-refractivity contribution is -0.137. The Morgan fingerprint density at radius 1 is 1.14 bits per heavy atom. The van der Waals surface area contributed by atoms with E-state index in [1.165, 1.54) is 13.2 Å². The number of amides is 2. The van der Waals surface area contributed by atoms with E-state index >= 15 is 0 Å². The van der Waals surface area contributed by atoms with Gasteiger partial charge in [-0.1, -0.05) is 6.07 Å². The Morgan fingerprint density at radius 2 is 1.97 bits per heavy atom. The Kier molecular flexibility index (Phi) is 5.72. The van der Waals surface area contributed by atoms with Gasteiger partial charge in [0.2, 0.25) is 0 Å². The average Bonchev–Trinajstić information content (AvgIpc) is 3.44. The molecule has 0 radical (unpaired) electrons. The van der Waals surface area contributed by atoms with Crippen LogP contribution in [0.1, 0.15) is 16.7 Å². The van der Waals surface area contributed by atoms with Crippen molar-refractivity contribution >= 4 is 34.1 Å². The number of hydrogen-bond acceptors (Lipinski definition) is 4. The van der Waals surface area contributed by atoms with Crippen molar-refractivity contribution in [2.75, 3.05) is 29.2 Å². The molecule has 0 aliphatic carbocycles. The summed E-state index contributed by atoms with van der Waals surface area (Å²) in [5, 5.41) is 6.32. The monoisotopic (exact) mass is 481 g/mol. The maximum atomic E-state index is 13.1. The van der Waals surface area contributed by atoms with Gasteiger partial charge in [0.05, 0.1) is 18.4 Å². The number of benzene rings is 2. The molecule has 0 spiro atoms. The zero-order chi connectivity index (χ0) is 24.6. The zero-order valence-corrected chi connectivity index (χ0v) is 18.7. The van der Waals surface area contributed by atoms with Crippen LogP contribution >= 0.6 is 0 Å². The lowest BCUT2D eigenvalue weighted by atomic mass is 10.1. The van der Waals surface area contributed by atoms with Crippen LogP contribution in [0, 0.1) is 0 Å². The van der Waals surface area contributed by atoms with E-state index in [0.29, 0.717) is 12.2 Å². The van der Waals surface area contributed by atoms with Gasteiger partial charge in [0, 0.05) is 47.8 Å². The highest BCUT2D eigenvalue weighted by Crippen LogP contribution is 2.37. The topological polar surface area (TPSA) is 82.3 Å². The first-order valence-electron chi connectivity index (χ1n) is 10.9. The first-order chi connectivity index (χ1) is 16.8. The van der Waals surface area contributed by atoms with Crippen LogP contribution in [0.5, 0.6) is 5.75 Å². The van der Waals surface area contributed by atoms with Crippen LogP contribution in [-0.2, 0) is 19.1 Å². The summed E-state index contributed by atoms with van der Waals surface area (Å²) >= 11 is 0. The number of nitrogens with zero attached hydrogens (tertiary/aromatic N) is 2. The molecule has 0 bridgehead atoms. The number of H-pyrrole nitrogens is 1. The van der Waals surface area contributed by atoms with Crippen LogP contribution in [0.2, 0.25) is 0 Å². The predicted molar refractivity (Wildman–Crippen MR) is 128 cm³/mol. The predicted octanol–water partition coefficient (Wildman–Crippen LogP) is 5.80. The number of fused-ring (bicyclic) bond motifs is 2. The minimum Gasteiger partial charge on any atom is -0.495 e. The van der Waals surface area contributed by atoms with Crippen molar-refractivity contribution < 1.29 is 22.7 Å². The molecule has 0 fully saturated rings. The number of ether oxygens (including phenoxy) is 1. The summed E-state index contributed by atoms with van der Waals surface area (Å²) in [6.45, 7) is 1.44. The molecule has 0 atom stereocenters. The summed E-state index contributed by atoms with van der Waals surface area (Å²) in [6.07, 6.45) is -0.123. The second-order valence-electron chi connectivity index (χ2n) is 8.18. The molecule has 35 heavy (non-hydrogen) atoms. The van der Waals surface area contributed by atoms with Gasteiger partial charge in [-0.2, -0.15) is 13.2 Å². The van der Waals surface area contributed by atoms with E-state index in [0.717, 1.165) is 52.9 Å². The van der Waals surface area contributed by atoms with Crippen LogP contribution in [0.4, 0.5) is 35.0 Å². The molecule has 10 heteroatoms. The van der Waals surface area contributed by atoms with Crippen molar-refractivity contribution in [3.63, 3.8) is 0 Å². The molecule has 180 valence electrons. The van der Waals surface area contributed by atoms with Crippen LogP contribution < -0.4 is 20.3 Å². The third kappa shape index (κ3) is 4.46. The molecular formula is C25H22F3N5O2. The van der Waals surface area contributed by atoms with E-state index in [9.17, 15) is 18.0 Å². The maximum Gasteiger partial charge on any atom is 0.416 e. The highest BCUT2D eigenvalue weighted by molar-refractivity contribution is 6.01. The third-order valence-corrected chi connectivity index (χ3v) is 6.04. The van der Waals surface area contributed by atoms with Gasteiger partial charge in [-0.3, -0.25) is 0 Å². The highest BCUT2D eigenvalue weighted by atomic mass is 19.4. The second kappa shape index (κ2) is 8.86. The number of aromatic nitrogens is 2. The number of pyridine rings is 1. The lowest BCUT2D eigenvalue weighted by Gasteiger charge is -2.20. The molecule has 0 saturated carbocycles. The van der Waals surface area contributed by atoms with E-state index in [4.69, 9.17) is 4.74 Å². The fraction of sp³-hybridized carbons (Fsp3) is 0.200. The quantitative estimate of drug-likeness (QED) is 0.337. The summed E-state index contributed by atoms with van der Waals surface area (Å²) in [5.41, 5.74) is 3.58. The Labute approximate surface area is 198 Å². The van der Waals surface area contributed by atoms with Gasteiger partial charge in [-0.25, -0.2) is 9.78 Å². The van der Waals surface area contributed by atoms with Crippen LogP contribution in [0.3, 0.4) is 0 Å². The zero-order valence-electron chi connectivity index (χ0n) is 18.7. The normalized spacial score (nSPS) is 13.1. The number of halogens is 3. The SMILES string of the molecule is COc1ccc(C(F)(F)F)cc1NC(=O)Nc1cccc2c1CCN2Cc1c[nH]c2ncccc12. The molecule has 2 aromatic heterocycles. The number of hydrogen-bond donors (Lipinski definition) is 3. The number of anilines is 3. The largest absolute Gasteiger partial charge is 0.495 e. The maximum absolute atomic E-state index is 13.1. The highest BCUT2D eigenvalue weighted by Gasteiger charge is 2.31. The summed E-state index contributed by atoms with van der Waals surface area (Å²) < 4.78 is 44.5. The first-order valence-corrected chi connectivity index (χ1v) is 10.9. The number of methoxy groups -OCH3 is 1. The van der Waals surface area contributed by atoms with Crippen LogP contribution in [-0.4, -0.2) is 29.7 Å². The van der Waals surface area contributed by atoms with Crippen LogP contribution in [0.25, 0.3) is 11.0 Å². The number of urea groups is 1.